The minimum atomic E-state index is -3.60. The van der Waals surface area contributed by atoms with Gasteiger partial charge in [0.1, 0.15) is 13.2 Å². The Morgan fingerprint density at radius 2 is 1.83 bits per heavy atom. The van der Waals surface area contributed by atoms with E-state index in [1.807, 2.05) is 12.1 Å². The van der Waals surface area contributed by atoms with Gasteiger partial charge in [-0.3, -0.25) is 0 Å². The zero-order chi connectivity index (χ0) is 16.4. The Hall–Kier alpha value is -1.57. The van der Waals surface area contributed by atoms with Crippen LogP contribution in [-0.4, -0.2) is 21.6 Å². The highest BCUT2D eigenvalue weighted by Gasteiger charge is 2.20. The number of ether oxygens (including phenoxy) is 2. The summed E-state index contributed by atoms with van der Waals surface area (Å²) < 4.78 is 39.3. The van der Waals surface area contributed by atoms with Gasteiger partial charge in [0.25, 0.3) is 0 Å². The van der Waals surface area contributed by atoms with Crippen LogP contribution in [0.5, 0.6) is 11.5 Å². The van der Waals surface area contributed by atoms with E-state index < -0.39 is 16.1 Å². The maximum Gasteiger partial charge on any atom is 0.241 e. The first-order valence-electron chi connectivity index (χ1n) is 7.13. The van der Waals surface area contributed by atoms with Gasteiger partial charge in [0.05, 0.1) is 4.90 Å². The van der Waals surface area contributed by atoms with Crippen molar-refractivity contribution in [3.63, 3.8) is 0 Å². The molecule has 0 radical (unpaired) electrons. The Kier molecular flexibility index (Phi) is 4.61. The Labute approximate surface area is 143 Å². The molecule has 122 valence electrons. The van der Waals surface area contributed by atoms with Crippen molar-refractivity contribution in [3.05, 3.63) is 52.5 Å². The Balaban J connectivity index is 1.82. The molecule has 0 saturated heterocycles. The maximum absolute atomic E-state index is 12.5. The molecular weight excluding hydrogens is 382 g/mol. The van der Waals surface area contributed by atoms with Crippen LogP contribution in [0.3, 0.4) is 0 Å². The highest BCUT2D eigenvalue weighted by atomic mass is 79.9. The summed E-state index contributed by atoms with van der Waals surface area (Å²) in [4.78, 5) is 0.219. The molecule has 0 saturated carbocycles. The van der Waals surface area contributed by atoms with Gasteiger partial charge in [-0.1, -0.05) is 28.1 Å². The quantitative estimate of drug-likeness (QED) is 0.859. The summed E-state index contributed by atoms with van der Waals surface area (Å²) >= 11 is 3.28. The third kappa shape index (κ3) is 3.68. The molecule has 3 rings (SSSR count). The molecule has 1 heterocycles. The lowest BCUT2D eigenvalue weighted by atomic mass is 10.1. The third-order valence-electron chi connectivity index (χ3n) is 3.50. The second-order valence-electron chi connectivity index (χ2n) is 5.20. The van der Waals surface area contributed by atoms with Gasteiger partial charge in [-0.2, -0.15) is 0 Å². The van der Waals surface area contributed by atoms with Gasteiger partial charge in [0.2, 0.25) is 10.0 Å². The Morgan fingerprint density at radius 3 is 2.57 bits per heavy atom. The van der Waals surface area contributed by atoms with Crippen LogP contribution in [-0.2, 0) is 10.0 Å². The number of nitrogens with one attached hydrogen (secondary N) is 1. The Bertz CT molecular complexity index is 823. The molecule has 1 atom stereocenters. The van der Waals surface area contributed by atoms with Crippen LogP contribution in [0.4, 0.5) is 0 Å². The molecule has 1 aliphatic rings. The highest BCUT2D eigenvalue weighted by molar-refractivity contribution is 9.10. The van der Waals surface area contributed by atoms with E-state index in [1.165, 1.54) is 0 Å². The van der Waals surface area contributed by atoms with Crippen LogP contribution in [0.25, 0.3) is 0 Å². The summed E-state index contributed by atoms with van der Waals surface area (Å²) in [7, 11) is -3.60. The summed E-state index contributed by atoms with van der Waals surface area (Å²) in [5.74, 6) is 1.32. The summed E-state index contributed by atoms with van der Waals surface area (Å²) in [5.41, 5.74) is 0.813. The topological polar surface area (TPSA) is 64.6 Å². The van der Waals surface area contributed by atoms with E-state index in [-0.39, 0.29) is 4.90 Å². The van der Waals surface area contributed by atoms with Crippen molar-refractivity contribution in [2.45, 2.75) is 17.9 Å². The first-order valence-corrected chi connectivity index (χ1v) is 9.41. The molecule has 7 heteroatoms. The lowest BCUT2D eigenvalue weighted by Gasteiger charge is -2.21. The van der Waals surface area contributed by atoms with Gasteiger partial charge >= 0.3 is 0 Å². The molecule has 0 amide bonds. The van der Waals surface area contributed by atoms with Crippen molar-refractivity contribution in [1.82, 2.24) is 4.72 Å². The standard InChI is InChI=1S/C16H16BrNO4S/c1-11(12-5-6-15-16(9-12)22-8-7-21-15)18-23(19,20)14-4-2-3-13(17)10-14/h2-6,9-11,18H,7-8H2,1H3. The zero-order valence-electron chi connectivity index (χ0n) is 12.5. The summed E-state index contributed by atoms with van der Waals surface area (Å²) in [6.07, 6.45) is 0. The Morgan fingerprint density at radius 1 is 1.09 bits per heavy atom. The number of hydrogen-bond acceptors (Lipinski definition) is 4. The fourth-order valence-corrected chi connectivity index (χ4v) is 4.16. The van der Waals surface area contributed by atoms with E-state index in [2.05, 4.69) is 20.7 Å². The van der Waals surface area contributed by atoms with Gasteiger partial charge < -0.3 is 9.47 Å². The zero-order valence-corrected chi connectivity index (χ0v) is 14.9. The largest absolute Gasteiger partial charge is 0.486 e. The van der Waals surface area contributed by atoms with E-state index in [9.17, 15) is 8.42 Å². The van der Waals surface area contributed by atoms with Crippen LogP contribution < -0.4 is 14.2 Å². The van der Waals surface area contributed by atoms with Crippen molar-refractivity contribution in [2.24, 2.45) is 0 Å². The van der Waals surface area contributed by atoms with Gasteiger partial charge in [0, 0.05) is 10.5 Å². The van der Waals surface area contributed by atoms with Crippen molar-refractivity contribution in [2.75, 3.05) is 13.2 Å². The lowest BCUT2D eigenvalue weighted by molar-refractivity contribution is 0.171. The van der Waals surface area contributed by atoms with Crippen LogP contribution in [0.2, 0.25) is 0 Å². The number of hydrogen-bond donors (Lipinski definition) is 1. The monoisotopic (exact) mass is 397 g/mol. The van der Waals surface area contributed by atoms with E-state index in [4.69, 9.17) is 9.47 Å². The van der Waals surface area contributed by atoms with Crippen molar-refractivity contribution >= 4 is 26.0 Å². The number of sulfonamides is 1. The van der Waals surface area contributed by atoms with Gasteiger partial charge in [0.15, 0.2) is 11.5 Å². The SMILES string of the molecule is CC(NS(=O)(=O)c1cccc(Br)c1)c1ccc2c(c1)OCCO2. The molecule has 5 nitrogen and oxygen atoms in total. The average Bonchev–Trinajstić information content (AvgIpc) is 2.54. The fourth-order valence-electron chi connectivity index (χ4n) is 2.33. The van der Waals surface area contributed by atoms with E-state index in [1.54, 1.807) is 37.3 Å². The van der Waals surface area contributed by atoms with Crippen LogP contribution in [0.1, 0.15) is 18.5 Å². The minimum Gasteiger partial charge on any atom is -0.486 e. The second-order valence-corrected chi connectivity index (χ2v) is 7.83. The van der Waals surface area contributed by atoms with Crippen molar-refractivity contribution in [1.29, 1.82) is 0 Å². The molecule has 0 bridgehead atoms. The number of rotatable bonds is 4. The molecule has 2 aromatic carbocycles. The van der Waals surface area contributed by atoms with Crippen molar-refractivity contribution < 1.29 is 17.9 Å². The number of fused-ring (bicyclic) bond motifs is 1. The van der Waals surface area contributed by atoms with Crippen LogP contribution >= 0.6 is 15.9 Å². The normalized spacial score (nSPS) is 15.2. The molecule has 0 spiro atoms. The van der Waals surface area contributed by atoms with Gasteiger partial charge in [-0.25, -0.2) is 13.1 Å². The average molecular weight is 398 g/mol. The molecule has 1 unspecified atom stereocenters. The van der Waals surface area contributed by atoms with Gasteiger partial charge in [-0.15, -0.1) is 0 Å². The third-order valence-corrected chi connectivity index (χ3v) is 5.54. The van der Waals surface area contributed by atoms with Crippen LogP contribution in [0, 0.1) is 0 Å². The first kappa shape index (κ1) is 16.3. The summed E-state index contributed by atoms with van der Waals surface area (Å²) in [6.45, 7) is 2.81. The molecule has 0 aromatic heterocycles. The summed E-state index contributed by atoms with van der Waals surface area (Å²) in [5, 5.41) is 0. The molecule has 0 fully saturated rings. The van der Waals surface area contributed by atoms with E-state index in [0.717, 1.165) is 5.56 Å². The molecule has 1 N–H and O–H groups in total. The van der Waals surface area contributed by atoms with Crippen molar-refractivity contribution in [3.8, 4) is 11.5 Å². The highest BCUT2D eigenvalue weighted by Crippen LogP contribution is 2.33. The minimum absolute atomic E-state index is 0.219. The molecule has 23 heavy (non-hydrogen) atoms. The number of benzene rings is 2. The maximum atomic E-state index is 12.5. The predicted octanol–water partition coefficient (Wildman–Crippen LogP) is 3.26. The van der Waals surface area contributed by atoms with E-state index >= 15 is 0 Å². The molecule has 1 aliphatic heterocycles. The summed E-state index contributed by atoms with van der Waals surface area (Å²) in [6, 6.07) is 11.6. The molecule has 0 aliphatic carbocycles. The molecule has 2 aromatic rings. The number of halogens is 1. The smallest absolute Gasteiger partial charge is 0.241 e. The fraction of sp³-hybridized carbons (Fsp3) is 0.250. The lowest BCUT2D eigenvalue weighted by Crippen LogP contribution is -2.27. The van der Waals surface area contributed by atoms with Crippen LogP contribution in [0.15, 0.2) is 51.8 Å². The van der Waals surface area contributed by atoms with E-state index in [0.29, 0.717) is 29.2 Å². The first-order chi connectivity index (χ1) is 11.0. The van der Waals surface area contributed by atoms with Gasteiger partial charge in [-0.05, 0) is 42.8 Å². The second kappa shape index (κ2) is 6.51. The predicted molar refractivity (Wildman–Crippen MR) is 90.3 cm³/mol. The molecular formula is C16H16BrNO4S.